The number of aliphatic hydroxyl groups excluding tert-OH is 1. The lowest BCUT2D eigenvalue weighted by Crippen LogP contribution is -2.03. The predicted molar refractivity (Wildman–Crippen MR) is 78.4 cm³/mol. The van der Waals surface area contributed by atoms with E-state index in [0.29, 0.717) is 15.8 Å². The zero-order chi connectivity index (χ0) is 14.0. The van der Waals surface area contributed by atoms with Crippen LogP contribution in [-0.2, 0) is 6.42 Å². The van der Waals surface area contributed by atoms with E-state index < -0.39 is 11.9 Å². The maximum Gasteiger partial charge on any atom is 0.141 e. The molecule has 5 heteroatoms. The summed E-state index contributed by atoms with van der Waals surface area (Å²) in [5, 5.41) is 12.5. The number of ether oxygens (including phenoxy) is 1. The van der Waals surface area contributed by atoms with Gasteiger partial charge in [0.25, 0.3) is 0 Å². The topological polar surface area (TPSA) is 29.5 Å². The Morgan fingerprint density at radius 3 is 2.84 bits per heavy atom. The number of thiophene rings is 1. The van der Waals surface area contributed by atoms with E-state index in [1.807, 2.05) is 18.4 Å². The van der Waals surface area contributed by atoms with Crippen LogP contribution >= 0.6 is 27.3 Å². The highest BCUT2D eigenvalue weighted by Gasteiger charge is 2.21. The summed E-state index contributed by atoms with van der Waals surface area (Å²) < 4.78 is 19.0. The summed E-state index contributed by atoms with van der Waals surface area (Å²) in [6, 6.07) is 4.84. The second-order valence-corrected chi connectivity index (χ2v) is 5.88. The van der Waals surface area contributed by atoms with Gasteiger partial charge in [-0.2, -0.15) is 0 Å². The van der Waals surface area contributed by atoms with Crippen molar-refractivity contribution in [2.24, 2.45) is 0 Å². The summed E-state index contributed by atoms with van der Waals surface area (Å²) in [6.45, 7) is 2.04. The number of methoxy groups -OCH3 is 1. The van der Waals surface area contributed by atoms with Gasteiger partial charge in [0, 0.05) is 16.5 Å². The van der Waals surface area contributed by atoms with E-state index in [1.54, 1.807) is 6.07 Å². The number of halogens is 2. The van der Waals surface area contributed by atoms with Crippen molar-refractivity contribution in [3.63, 3.8) is 0 Å². The Balaban J connectivity index is 2.49. The average Bonchev–Trinajstić information content (AvgIpc) is 2.88. The van der Waals surface area contributed by atoms with Gasteiger partial charge in [-0.25, -0.2) is 4.39 Å². The predicted octanol–water partition coefficient (Wildman–Crippen LogP) is 4.30. The van der Waals surface area contributed by atoms with Crippen LogP contribution in [0.5, 0.6) is 5.75 Å². The van der Waals surface area contributed by atoms with Crippen molar-refractivity contribution in [1.29, 1.82) is 0 Å². The Kier molecular flexibility index (Phi) is 4.60. The second-order valence-electron chi connectivity index (χ2n) is 4.07. The van der Waals surface area contributed by atoms with Gasteiger partial charge in [0.1, 0.15) is 17.7 Å². The van der Waals surface area contributed by atoms with Crippen molar-refractivity contribution in [1.82, 2.24) is 0 Å². The molecule has 102 valence electrons. The van der Waals surface area contributed by atoms with E-state index in [4.69, 9.17) is 4.74 Å². The van der Waals surface area contributed by atoms with Crippen molar-refractivity contribution in [2.75, 3.05) is 7.11 Å². The molecule has 0 amide bonds. The number of aliphatic hydroxyl groups is 1. The van der Waals surface area contributed by atoms with Gasteiger partial charge in [-0.05, 0) is 45.4 Å². The van der Waals surface area contributed by atoms with Crippen LogP contribution in [0.1, 0.15) is 29.0 Å². The molecular formula is C14H14BrFO2S. The van der Waals surface area contributed by atoms with Crippen molar-refractivity contribution < 1.29 is 14.2 Å². The van der Waals surface area contributed by atoms with Gasteiger partial charge < -0.3 is 9.84 Å². The highest BCUT2D eigenvalue weighted by atomic mass is 79.9. The van der Waals surface area contributed by atoms with Crippen molar-refractivity contribution >= 4 is 27.3 Å². The van der Waals surface area contributed by atoms with Crippen molar-refractivity contribution in [2.45, 2.75) is 19.4 Å². The summed E-state index contributed by atoms with van der Waals surface area (Å²) in [7, 11) is 1.47. The third kappa shape index (κ3) is 2.83. The molecule has 0 saturated heterocycles. The minimum absolute atomic E-state index is 0.317. The Labute approximate surface area is 124 Å². The number of hydrogen-bond donors (Lipinski definition) is 1. The lowest BCUT2D eigenvalue weighted by molar-refractivity contribution is 0.217. The quantitative estimate of drug-likeness (QED) is 0.895. The van der Waals surface area contributed by atoms with E-state index in [-0.39, 0.29) is 0 Å². The lowest BCUT2D eigenvalue weighted by atomic mass is 10.0. The van der Waals surface area contributed by atoms with Crippen LogP contribution in [0.3, 0.4) is 0 Å². The molecule has 1 unspecified atom stereocenters. The number of hydrogen-bond acceptors (Lipinski definition) is 3. The summed E-state index contributed by atoms with van der Waals surface area (Å²) >= 11 is 4.63. The molecule has 2 nitrogen and oxygen atoms in total. The van der Waals surface area contributed by atoms with Gasteiger partial charge in [0.15, 0.2) is 0 Å². The number of benzene rings is 1. The normalized spacial score (nSPS) is 12.5. The van der Waals surface area contributed by atoms with Gasteiger partial charge in [-0.15, -0.1) is 11.3 Å². The molecule has 0 saturated carbocycles. The number of rotatable bonds is 4. The molecule has 2 aromatic rings. The van der Waals surface area contributed by atoms with Crippen LogP contribution in [0.15, 0.2) is 28.1 Å². The maximum absolute atomic E-state index is 13.5. The smallest absolute Gasteiger partial charge is 0.141 e. The summed E-state index contributed by atoms with van der Waals surface area (Å²) in [5.74, 6) is -0.0571. The Morgan fingerprint density at radius 2 is 2.21 bits per heavy atom. The molecule has 0 radical (unpaired) electrons. The summed E-state index contributed by atoms with van der Waals surface area (Å²) in [4.78, 5) is 0.874. The van der Waals surface area contributed by atoms with E-state index in [0.717, 1.165) is 16.9 Å². The highest BCUT2D eigenvalue weighted by Crippen LogP contribution is 2.37. The summed E-state index contributed by atoms with van der Waals surface area (Å²) in [5.41, 5.74) is 1.66. The maximum atomic E-state index is 13.5. The van der Waals surface area contributed by atoms with Crippen LogP contribution in [0.25, 0.3) is 0 Å². The van der Waals surface area contributed by atoms with Gasteiger partial charge in [-0.3, -0.25) is 0 Å². The minimum atomic E-state index is -0.804. The van der Waals surface area contributed by atoms with Crippen LogP contribution in [0.2, 0.25) is 0 Å². The molecular weight excluding hydrogens is 331 g/mol. The molecule has 19 heavy (non-hydrogen) atoms. The molecule has 0 aliphatic rings. The fraction of sp³-hybridized carbons (Fsp3) is 0.286. The largest absolute Gasteiger partial charge is 0.496 e. The van der Waals surface area contributed by atoms with E-state index in [1.165, 1.54) is 24.5 Å². The zero-order valence-corrected chi connectivity index (χ0v) is 13.0. The third-order valence-electron chi connectivity index (χ3n) is 2.98. The molecule has 0 aliphatic carbocycles. The molecule has 1 heterocycles. The molecule has 1 atom stereocenters. The molecule has 0 spiro atoms. The molecule has 0 fully saturated rings. The van der Waals surface area contributed by atoms with Crippen molar-refractivity contribution in [3.8, 4) is 5.75 Å². The van der Waals surface area contributed by atoms with Gasteiger partial charge in [0.05, 0.1) is 11.6 Å². The SMILES string of the molecule is CCc1ccsc1C(O)c1cc(Br)c(F)cc1OC. The first-order chi connectivity index (χ1) is 9.08. The van der Waals surface area contributed by atoms with Crippen LogP contribution < -0.4 is 4.74 Å². The third-order valence-corrected chi connectivity index (χ3v) is 4.60. The van der Waals surface area contributed by atoms with Crippen LogP contribution in [-0.4, -0.2) is 12.2 Å². The fourth-order valence-corrected chi connectivity index (χ4v) is 3.31. The van der Waals surface area contributed by atoms with E-state index >= 15 is 0 Å². The first-order valence-electron chi connectivity index (χ1n) is 5.85. The zero-order valence-electron chi connectivity index (χ0n) is 10.6. The summed E-state index contributed by atoms with van der Waals surface area (Å²) in [6.07, 6.45) is 0.0439. The first-order valence-corrected chi connectivity index (χ1v) is 7.53. The minimum Gasteiger partial charge on any atom is -0.496 e. The highest BCUT2D eigenvalue weighted by molar-refractivity contribution is 9.10. The fourth-order valence-electron chi connectivity index (χ4n) is 1.96. The van der Waals surface area contributed by atoms with Gasteiger partial charge in [-0.1, -0.05) is 6.92 Å². The Hall–Kier alpha value is -0.910. The monoisotopic (exact) mass is 344 g/mol. The molecule has 0 bridgehead atoms. The van der Waals surface area contributed by atoms with Crippen LogP contribution in [0, 0.1) is 5.82 Å². The van der Waals surface area contributed by atoms with E-state index in [9.17, 15) is 9.50 Å². The molecule has 1 aromatic heterocycles. The molecule has 1 aromatic carbocycles. The average molecular weight is 345 g/mol. The molecule has 2 rings (SSSR count). The second kappa shape index (κ2) is 6.03. The van der Waals surface area contributed by atoms with E-state index in [2.05, 4.69) is 15.9 Å². The Morgan fingerprint density at radius 1 is 1.47 bits per heavy atom. The lowest BCUT2D eigenvalue weighted by Gasteiger charge is -2.16. The number of aryl methyl sites for hydroxylation is 1. The Bertz CT molecular complexity index is 583. The van der Waals surface area contributed by atoms with Gasteiger partial charge in [0.2, 0.25) is 0 Å². The first kappa shape index (κ1) is 14.5. The molecule has 0 aliphatic heterocycles. The molecule has 1 N–H and O–H groups in total. The van der Waals surface area contributed by atoms with Crippen LogP contribution in [0.4, 0.5) is 4.39 Å². The van der Waals surface area contributed by atoms with Gasteiger partial charge >= 0.3 is 0 Å². The van der Waals surface area contributed by atoms with Crippen molar-refractivity contribution in [3.05, 3.63) is 49.9 Å². The standard InChI is InChI=1S/C14H14BrFO2S/c1-3-8-4-5-19-14(8)13(17)9-6-10(15)11(16)7-12(9)18-2/h4-7,13,17H,3H2,1-2H3.